The number of hydrogen-bond donors (Lipinski definition) is 2. The van der Waals surface area contributed by atoms with Crippen molar-refractivity contribution in [2.75, 3.05) is 12.1 Å². The molecule has 9 nitrogen and oxygen atoms in total. The smallest absolute Gasteiger partial charge is 0.341 e. The molecule has 166 valence electrons. The van der Waals surface area contributed by atoms with Gasteiger partial charge in [-0.15, -0.1) is 0 Å². The number of hydrazine groups is 1. The molecule has 32 heavy (non-hydrogen) atoms. The quantitative estimate of drug-likeness (QED) is 0.239. The summed E-state index contributed by atoms with van der Waals surface area (Å²) in [5.74, 6) is 6.68. The maximum atomic E-state index is 12.7. The van der Waals surface area contributed by atoms with Crippen molar-refractivity contribution in [2.45, 2.75) is 18.4 Å². The summed E-state index contributed by atoms with van der Waals surface area (Å²) in [6.45, 7) is 1.84. The van der Waals surface area contributed by atoms with Crippen molar-refractivity contribution in [1.82, 2.24) is 9.71 Å². The van der Waals surface area contributed by atoms with Crippen LogP contribution in [0, 0.1) is 6.92 Å². The van der Waals surface area contributed by atoms with Crippen LogP contribution in [0.3, 0.4) is 0 Å². The molecule has 0 atom stereocenters. The molecular formula is C21H20N4O5S2. The van der Waals surface area contributed by atoms with Gasteiger partial charge in [0, 0.05) is 23.0 Å². The minimum Gasteiger partial charge on any atom is -0.431 e. The van der Waals surface area contributed by atoms with Crippen molar-refractivity contribution in [3.63, 3.8) is 0 Å². The van der Waals surface area contributed by atoms with Gasteiger partial charge in [-0.3, -0.25) is 0 Å². The normalized spacial score (nSPS) is 11.6. The van der Waals surface area contributed by atoms with Crippen molar-refractivity contribution in [3.05, 3.63) is 75.6 Å². The van der Waals surface area contributed by atoms with Gasteiger partial charge < -0.3 is 14.2 Å². The van der Waals surface area contributed by atoms with Crippen LogP contribution in [0.4, 0.5) is 5.69 Å². The topological polar surface area (TPSA) is 128 Å². The van der Waals surface area contributed by atoms with Gasteiger partial charge in [-0.2, -0.15) is 0 Å². The number of anilines is 1. The van der Waals surface area contributed by atoms with E-state index in [-0.39, 0.29) is 11.4 Å². The van der Waals surface area contributed by atoms with E-state index >= 15 is 0 Å². The zero-order valence-electron chi connectivity index (χ0n) is 17.2. The maximum Gasteiger partial charge on any atom is 0.341 e. The van der Waals surface area contributed by atoms with Crippen LogP contribution in [0.1, 0.15) is 11.1 Å². The Labute approximate surface area is 188 Å². The summed E-state index contributed by atoms with van der Waals surface area (Å²) in [5.41, 5.74) is 1.38. The Balaban J connectivity index is 1.65. The second-order valence-electron chi connectivity index (χ2n) is 6.88. The molecule has 2 aromatic carbocycles. The molecule has 0 radical (unpaired) electrons. The lowest BCUT2D eigenvalue weighted by Crippen LogP contribution is -2.33. The highest BCUT2D eigenvalue weighted by molar-refractivity contribution is 7.89. The van der Waals surface area contributed by atoms with Gasteiger partial charge in [-0.25, -0.2) is 28.8 Å². The molecule has 0 saturated carbocycles. The van der Waals surface area contributed by atoms with Crippen LogP contribution in [0.25, 0.3) is 11.0 Å². The van der Waals surface area contributed by atoms with Crippen LogP contribution in [0.5, 0.6) is 10.9 Å². The first-order valence-electron chi connectivity index (χ1n) is 9.48. The maximum absolute atomic E-state index is 12.7. The molecule has 0 saturated heterocycles. The fourth-order valence-corrected chi connectivity index (χ4v) is 4.46. The number of nitrogens with two attached hydrogens (primary N) is 1. The number of benzene rings is 2. The zero-order chi connectivity index (χ0) is 22.9. The Morgan fingerprint density at radius 1 is 1.25 bits per heavy atom. The third-order valence-corrected chi connectivity index (χ3v) is 6.99. The van der Waals surface area contributed by atoms with Gasteiger partial charge in [0.05, 0.1) is 22.7 Å². The molecule has 0 fully saturated rings. The lowest BCUT2D eigenvalue weighted by atomic mass is 10.1. The Morgan fingerprint density at radius 3 is 2.78 bits per heavy atom. The fourth-order valence-electron chi connectivity index (χ4n) is 3.19. The van der Waals surface area contributed by atoms with Gasteiger partial charge in [-0.1, -0.05) is 17.4 Å². The highest BCUT2D eigenvalue weighted by Crippen LogP contribution is 2.29. The number of aromatic nitrogens is 1. The first kappa shape index (κ1) is 22.0. The average Bonchev–Trinajstić information content (AvgIpc) is 3.29. The lowest BCUT2D eigenvalue weighted by Gasteiger charge is -2.20. The van der Waals surface area contributed by atoms with Crippen molar-refractivity contribution in [2.24, 2.45) is 5.84 Å². The molecule has 2 aromatic heterocycles. The van der Waals surface area contributed by atoms with Gasteiger partial charge in [0.15, 0.2) is 0 Å². The van der Waals surface area contributed by atoms with Gasteiger partial charge >= 0.3 is 5.63 Å². The van der Waals surface area contributed by atoms with Gasteiger partial charge in [0.1, 0.15) is 11.3 Å². The second kappa shape index (κ2) is 8.71. The van der Waals surface area contributed by atoms with Crippen LogP contribution in [0.2, 0.25) is 0 Å². The summed E-state index contributed by atoms with van der Waals surface area (Å²) >= 11 is 1.35. The van der Waals surface area contributed by atoms with E-state index in [2.05, 4.69) is 9.71 Å². The van der Waals surface area contributed by atoms with Crippen LogP contribution < -0.4 is 25.9 Å². The third-order valence-electron chi connectivity index (χ3n) is 4.93. The van der Waals surface area contributed by atoms with E-state index in [9.17, 15) is 13.2 Å². The van der Waals surface area contributed by atoms with Gasteiger partial charge in [0.2, 0.25) is 10.0 Å². The first-order valence-corrected chi connectivity index (χ1v) is 11.8. The van der Waals surface area contributed by atoms with Crippen molar-refractivity contribution >= 4 is 38.0 Å². The number of hydrogen-bond acceptors (Lipinski definition) is 9. The molecule has 4 aromatic rings. The number of fused-ring (bicyclic) bond motifs is 1. The lowest BCUT2D eigenvalue weighted by molar-refractivity contribution is 0.476. The summed E-state index contributed by atoms with van der Waals surface area (Å²) in [5, 5.41) is 4.34. The zero-order valence-corrected chi connectivity index (χ0v) is 18.9. The van der Waals surface area contributed by atoms with E-state index in [1.807, 2.05) is 6.92 Å². The molecule has 2 heterocycles. The van der Waals surface area contributed by atoms with E-state index in [1.165, 1.54) is 35.5 Å². The standard InChI is InChI=1S/C21H20N4O5S2/c1-13-17-7-6-15(29-21-24-8-9-31-21)11-19(17)30-20(26)18(13)12-25(22)14-4-3-5-16(10-14)32(27,28)23-2/h3-11,23H,12,22H2,1-2H3. The van der Waals surface area contributed by atoms with Crippen LogP contribution in [-0.2, 0) is 16.6 Å². The van der Waals surface area contributed by atoms with Crippen molar-refractivity contribution < 1.29 is 17.6 Å². The molecular weight excluding hydrogens is 452 g/mol. The van der Waals surface area contributed by atoms with Gasteiger partial charge in [-0.05, 0) is 49.9 Å². The molecule has 0 bridgehead atoms. The Bertz CT molecular complexity index is 1430. The van der Waals surface area contributed by atoms with E-state index in [1.54, 1.807) is 41.9 Å². The van der Waals surface area contributed by atoms with E-state index in [0.717, 1.165) is 5.39 Å². The van der Waals surface area contributed by atoms with Gasteiger partial charge in [0.25, 0.3) is 5.19 Å². The molecule has 0 aliphatic carbocycles. The number of ether oxygens (including phenoxy) is 1. The predicted molar refractivity (Wildman–Crippen MR) is 122 cm³/mol. The molecule has 0 amide bonds. The summed E-state index contributed by atoms with van der Waals surface area (Å²) in [4.78, 5) is 16.9. The Kier molecular flexibility index (Phi) is 5.98. The monoisotopic (exact) mass is 472 g/mol. The van der Waals surface area contributed by atoms with Crippen LogP contribution in [-0.4, -0.2) is 20.4 Å². The van der Waals surface area contributed by atoms with E-state index in [0.29, 0.717) is 33.3 Å². The minimum absolute atomic E-state index is 0.0323. The molecule has 11 heteroatoms. The molecule has 3 N–H and O–H groups in total. The Hall–Kier alpha value is -3.25. The first-order chi connectivity index (χ1) is 15.3. The second-order valence-corrected chi connectivity index (χ2v) is 9.63. The number of aryl methyl sites for hydroxylation is 1. The summed E-state index contributed by atoms with van der Waals surface area (Å²) in [6, 6.07) is 11.4. The number of nitrogens with zero attached hydrogens (tertiary/aromatic N) is 2. The molecule has 0 aliphatic rings. The average molecular weight is 473 g/mol. The molecule has 0 unspecified atom stereocenters. The highest BCUT2D eigenvalue weighted by Gasteiger charge is 2.17. The number of rotatable bonds is 7. The predicted octanol–water partition coefficient (Wildman–Crippen LogP) is 3.14. The highest BCUT2D eigenvalue weighted by atomic mass is 32.2. The fraction of sp³-hybridized carbons (Fsp3) is 0.143. The van der Waals surface area contributed by atoms with Crippen molar-refractivity contribution in [3.8, 4) is 10.9 Å². The third kappa shape index (κ3) is 4.36. The van der Waals surface area contributed by atoms with E-state index in [4.69, 9.17) is 15.0 Å². The summed E-state index contributed by atoms with van der Waals surface area (Å²) in [7, 11) is -2.29. The number of nitrogens with one attached hydrogen (secondary N) is 1. The minimum atomic E-state index is -3.62. The SMILES string of the molecule is CNS(=O)(=O)c1cccc(N(N)Cc2c(C)c3ccc(Oc4nccs4)cc3oc2=O)c1. The molecule has 0 aliphatic heterocycles. The number of thiazole rings is 1. The largest absolute Gasteiger partial charge is 0.431 e. The van der Waals surface area contributed by atoms with Crippen LogP contribution >= 0.6 is 11.3 Å². The van der Waals surface area contributed by atoms with Crippen LogP contribution in [0.15, 0.2) is 68.1 Å². The molecule has 0 spiro atoms. The van der Waals surface area contributed by atoms with Crippen molar-refractivity contribution in [1.29, 1.82) is 0 Å². The summed E-state index contributed by atoms with van der Waals surface area (Å²) in [6.07, 6.45) is 1.64. The van der Waals surface area contributed by atoms with E-state index < -0.39 is 15.6 Å². The molecule has 4 rings (SSSR count). The summed E-state index contributed by atoms with van der Waals surface area (Å²) < 4.78 is 37.6. The Morgan fingerprint density at radius 2 is 2.06 bits per heavy atom. The number of sulfonamides is 1.